The van der Waals surface area contributed by atoms with Crippen molar-refractivity contribution in [1.29, 1.82) is 0 Å². The van der Waals surface area contributed by atoms with E-state index in [4.69, 9.17) is 4.74 Å². The Morgan fingerprint density at radius 2 is 1.94 bits per heavy atom. The van der Waals surface area contributed by atoms with Crippen LogP contribution in [-0.2, 0) is 16.0 Å². The molecule has 0 radical (unpaired) electrons. The standard InChI is InChI=1S/C15H22O2S/c1-2-3-4-8-11-17-15(16)14(18)12-13-9-6-5-7-10-13/h5-7,9-10,14,18H,2-4,8,11-12H2,1H3. The Hall–Kier alpha value is -0.960. The Morgan fingerprint density at radius 1 is 1.22 bits per heavy atom. The first-order chi connectivity index (χ1) is 8.74. The Morgan fingerprint density at radius 3 is 2.61 bits per heavy atom. The fraction of sp³-hybridized carbons (Fsp3) is 0.533. The molecular formula is C15H22O2S. The van der Waals surface area contributed by atoms with Crippen LogP contribution in [0.4, 0.5) is 0 Å². The molecule has 1 unspecified atom stereocenters. The Labute approximate surface area is 115 Å². The van der Waals surface area contributed by atoms with Crippen molar-refractivity contribution in [2.45, 2.75) is 44.3 Å². The van der Waals surface area contributed by atoms with E-state index in [1.54, 1.807) is 0 Å². The highest BCUT2D eigenvalue weighted by Crippen LogP contribution is 2.09. The molecule has 3 heteroatoms. The molecular weight excluding hydrogens is 244 g/mol. The summed E-state index contributed by atoms with van der Waals surface area (Å²) in [5, 5.41) is -0.362. The number of ether oxygens (including phenoxy) is 1. The molecule has 0 aliphatic heterocycles. The largest absolute Gasteiger partial charge is 0.465 e. The van der Waals surface area contributed by atoms with Gasteiger partial charge in [0.1, 0.15) is 5.25 Å². The molecule has 0 amide bonds. The molecule has 0 aliphatic rings. The van der Waals surface area contributed by atoms with Crippen LogP contribution < -0.4 is 0 Å². The molecule has 0 heterocycles. The van der Waals surface area contributed by atoms with Gasteiger partial charge in [0.25, 0.3) is 0 Å². The molecule has 1 rings (SSSR count). The minimum atomic E-state index is -0.362. The third-order valence-electron chi connectivity index (χ3n) is 2.79. The van der Waals surface area contributed by atoms with Gasteiger partial charge in [-0.2, -0.15) is 12.6 Å². The minimum Gasteiger partial charge on any atom is -0.465 e. The molecule has 0 fully saturated rings. The van der Waals surface area contributed by atoms with Crippen molar-refractivity contribution in [3.63, 3.8) is 0 Å². The second kappa shape index (κ2) is 9.03. The molecule has 2 nitrogen and oxygen atoms in total. The van der Waals surface area contributed by atoms with Gasteiger partial charge < -0.3 is 4.74 Å². The summed E-state index contributed by atoms with van der Waals surface area (Å²) in [6, 6.07) is 9.89. The third-order valence-corrected chi connectivity index (χ3v) is 3.18. The molecule has 1 atom stereocenters. The van der Waals surface area contributed by atoms with Gasteiger partial charge in [0.2, 0.25) is 0 Å². The number of benzene rings is 1. The zero-order valence-electron chi connectivity index (χ0n) is 11.0. The van der Waals surface area contributed by atoms with Gasteiger partial charge in [-0.05, 0) is 18.4 Å². The van der Waals surface area contributed by atoms with E-state index in [1.807, 2.05) is 30.3 Å². The summed E-state index contributed by atoms with van der Waals surface area (Å²) < 4.78 is 5.21. The first-order valence-corrected chi connectivity index (χ1v) is 7.14. The lowest BCUT2D eigenvalue weighted by Gasteiger charge is -2.10. The lowest BCUT2D eigenvalue weighted by atomic mass is 10.1. The maximum absolute atomic E-state index is 11.7. The lowest BCUT2D eigenvalue weighted by Crippen LogP contribution is -2.20. The molecule has 0 saturated carbocycles. The molecule has 0 aromatic heterocycles. The molecule has 0 N–H and O–H groups in total. The Kier molecular flexibility index (Phi) is 7.58. The van der Waals surface area contributed by atoms with Gasteiger partial charge in [-0.3, -0.25) is 4.79 Å². The van der Waals surface area contributed by atoms with Gasteiger partial charge in [0.15, 0.2) is 0 Å². The van der Waals surface area contributed by atoms with E-state index >= 15 is 0 Å². The molecule has 0 aliphatic carbocycles. The predicted octanol–water partition coefficient (Wildman–Crippen LogP) is 3.65. The summed E-state index contributed by atoms with van der Waals surface area (Å²) in [6.45, 7) is 2.68. The summed E-state index contributed by atoms with van der Waals surface area (Å²) in [4.78, 5) is 11.7. The smallest absolute Gasteiger partial charge is 0.319 e. The predicted molar refractivity (Wildman–Crippen MR) is 78.0 cm³/mol. The fourth-order valence-corrected chi connectivity index (χ4v) is 2.00. The number of carbonyl (C=O) groups excluding carboxylic acids is 1. The van der Waals surface area contributed by atoms with Gasteiger partial charge in [-0.1, -0.05) is 56.5 Å². The highest BCUT2D eigenvalue weighted by Gasteiger charge is 2.15. The van der Waals surface area contributed by atoms with Crippen LogP contribution >= 0.6 is 12.6 Å². The molecule has 0 spiro atoms. The summed E-state index contributed by atoms with van der Waals surface area (Å²) in [5.74, 6) is -0.210. The molecule has 1 aromatic carbocycles. The van der Waals surface area contributed by atoms with E-state index in [-0.39, 0.29) is 11.2 Å². The Balaban J connectivity index is 2.21. The van der Waals surface area contributed by atoms with E-state index in [2.05, 4.69) is 19.6 Å². The van der Waals surface area contributed by atoms with E-state index in [9.17, 15) is 4.79 Å². The van der Waals surface area contributed by atoms with Crippen molar-refractivity contribution in [1.82, 2.24) is 0 Å². The minimum absolute atomic E-state index is 0.210. The van der Waals surface area contributed by atoms with Gasteiger partial charge in [0.05, 0.1) is 6.61 Å². The van der Waals surface area contributed by atoms with Crippen molar-refractivity contribution in [2.75, 3.05) is 6.61 Å². The van der Waals surface area contributed by atoms with Gasteiger partial charge in [0, 0.05) is 0 Å². The second-order valence-electron chi connectivity index (χ2n) is 4.43. The van der Waals surface area contributed by atoms with Crippen LogP contribution in [0.25, 0.3) is 0 Å². The highest BCUT2D eigenvalue weighted by molar-refractivity contribution is 7.81. The van der Waals surface area contributed by atoms with Gasteiger partial charge in [-0.15, -0.1) is 0 Å². The molecule has 18 heavy (non-hydrogen) atoms. The number of thiol groups is 1. The van der Waals surface area contributed by atoms with Crippen molar-refractivity contribution in [3.05, 3.63) is 35.9 Å². The van der Waals surface area contributed by atoms with E-state index in [1.165, 1.54) is 12.8 Å². The molecule has 1 aromatic rings. The van der Waals surface area contributed by atoms with Crippen molar-refractivity contribution < 1.29 is 9.53 Å². The molecule has 0 saturated heterocycles. The SMILES string of the molecule is CCCCCCOC(=O)C(S)Cc1ccccc1. The molecule has 100 valence electrons. The normalized spacial score (nSPS) is 12.1. The quantitative estimate of drug-likeness (QED) is 0.441. The van der Waals surface area contributed by atoms with E-state index in [0.717, 1.165) is 18.4 Å². The average Bonchev–Trinajstić information content (AvgIpc) is 2.39. The monoisotopic (exact) mass is 266 g/mol. The van der Waals surface area contributed by atoms with Crippen LogP contribution in [0.1, 0.15) is 38.2 Å². The zero-order chi connectivity index (χ0) is 13.2. The molecule has 0 bridgehead atoms. The summed E-state index contributed by atoms with van der Waals surface area (Å²) >= 11 is 4.31. The summed E-state index contributed by atoms with van der Waals surface area (Å²) in [5.41, 5.74) is 1.11. The third kappa shape index (κ3) is 6.10. The van der Waals surface area contributed by atoms with Crippen LogP contribution in [0.3, 0.4) is 0 Å². The lowest BCUT2D eigenvalue weighted by molar-refractivity contribution is -0.143. The van der Waals surface area contributed by atoms with Crippen LogP contribution in [-0.4, -0.2) is 17.8 Å². The van der Waals surface area contributed by atoms with E-state index < -0.39 is 0 Å². The number of esters is 1. The number of unbranched alkanes of at least 4 members (excludes halogenated alkanes) is 3. The first-order valence-electron chi connectivity index (χ1n) is 6.62. The van der Waals surface area contributed by atoms with Crippen LogP contribution in [0.15, 0.2) is 30.3 Å². The van der Waals surface area contributed by atoms with Crippen LogP contribution in [0.2, 0.25) is 0 Å². The fourth-order valence-electron chi connectivity index (χ4n) is 1.72. The van der Waals surface area contributed by atoms with Crippen molar-refractivity contribution in [2.24, 2.45) is 0 Å². The second-order valence-corrected chi connectivity index (χ2v) is 5.06. The number of hydrogen-bond acceptors (Lipinski definition) is 3. The van der Waals surface area contributed by atoms with Crippen molar-refractivity contribution >= 4 is 18.6 Å². The van der Waals surface area contributed by atoms with Crippen molar-refractivity contribution in [3.8, 4) is 0 Å². The summed E-state index contributed by atoms with van der Waals surface area (Å²) in [6.07, 6.45) is 5.09. The average molecular weight is 266 g/mol. The maximum atomic E-state index is 11.7. The topological polar surface area (TPSA) is 26.3 Å². The number of rotatable bonds is 8. The highest BCUT2D eigenvalue weighted by atomic mass is 32.1. The van der Waals surface area contributed by atoms with Crippen LogP contribution in [0, 0.1) is 0 Å². The van der Waals surface area contributed by atoms with Gasteiger partial charge in [-0.25, -0.2) is 0 Å². The van der Waals surface area contributed by atoms with Gasteiger partial charge >= 0.3 is 5.97 Å². The Bertz CT molecular complexity index is 338. The number of carbonyl (C=O) groups is 1. The maximum Gasteiger partial charge on any atom is 0.319 e. The summed E-state index contributed by atoms with van der Waals surface area (Å²) in [7, 11) is 0. The van der Waals surface area contributed by atoms with E-state index in [0.29, 0.717) is 13.0 Å². The van der Waals surface area contributed by atoms with Crippen LogP contribution in [0.5, 0.6) is 0 Å². The first kappa shape index (κ1) is 15.1. The zero-order valence-corrected chi connectivity index (χ0v) is 11.9. The number of hydrogen-bond donors (Lipinski definition) is 1.